The average Bonchev–Trinajstić information content (AvgIpc) is 2.65. The lowest BCUT2D eigenvalue weighted by atomic mass is 10.3. The van der Waals surface area contributed by atoms with Crippen LogP contribution in [0.3, 0.4) is 0 Å². The molecule has 0 aliphatic heterocycles. The third-order valence-electron chi connectivity index (χ3n) is 3.47. The number of amides is 1. The second kappa shape index (κ2) is 8.61. The highest BCUT2D eigenvalue weighted by molar-refractivity contribution is 5.88. The maximum absolute atomic E-state index is 11.1. The van der Waals surface area contributed by atoms with E-state index in [0.29, 0.717) is 18.4 Å². The first-order valence-electron chi connectivity index (χ1n) is 8.47. The highest BCUT2D eigenvalue weighted by atomic mass is 16.5. The van der Waals surface area contributed by atoms with Gasteiger partial charge >= 0.3 is 0 Å². The lowest BCUT2D eigenvalue weighted by Crippen LogP contribution is -2.06. The molecular formula is C19H20N6O2. The number of nitrogens with one attached hydrogen (secondary N) is 3. The van der Waals surface area contributed by atoms with E-state index < -0.39 is 0 Å². The van der Waals surface area contributed by atoms with Crippen molar-refractivity contribution in [3.8, 4) is 5.75 Å². The molecule has 0 aliphatic carbocycles. The van der Waals surface area contributed by atoms with Crippen LogP contribution in [0.1, 0.15) is 13.8 Å². The molecule has 0 radical (unpaired) electrons. The minimum Gasteiger partial charge on any atom is -0.492 e. The first kappa shape index (κ1) is 18.1. The number of hydrogen-bond acceptors (Lipinski definition) is 7. The largest absolute Gasteiger partial charge is 0.492 e. The fraction of sp³-hybridized carbons (Fsp3) is 0.158. The molecule has 0 saturated heterocycles. The van der Waals surface area contributed by atoms with Gasteiger partial charge in [0, 0.05) is 18.3 Å². The van der Waals surface area contributed by atoms with Crippen LogP contribution in [-0.4, -0.2) is 27.7 Å². The molecule has 8 heteroatoms. The molecule has 0 atom stereocenters. The van der Waals surface area contributed by atoms with Crippen molar-refractivity contribution >= 4 is 34.7 Å². The lowest BCUT2D eigenvalue weighted by molar-refractivity contribution is -0.114. The zero-order chi connectivity index (χ0) is 19.1. The Morgan fingerprint density at radius 2 is 1.78 bits per heavy atom. The third kappa shape index (κ3) is 5.15. The number of rotatable bonds is 7. The maximum atomic E-state index is 11.1. The topological polar surface area (TPSA) is 101 Å². The van der Waals surface area contributed by atoms with E-state index in [1.165, 1.54) is 13.1 Å². The van der Waals surface area contributed by atoms with E-state index >= 15 is 0 Å². The second-order valence-corrected chi connectivity index (χ2v) is 5.60. The van der Waals surface area contributed by atoms with Crippen LogP contribution >= 0.6 is 0 Å². The molecule has 0 fully saturated rings. The first-order chi connectivity index (χ1) is 13.1. The molecule has 1 heterocycles. The molecule has 0 saturated carbocycles. The molecule has 3 aromatic rings. The van der Waals surface area contributed by atoms with E-state index in [1.54, 1.807) is 12.1 Å². The van der Waals surface area contributed by atoms with Crippen LogP contribution in [0.2, 0.25) is 0 Å². The molecule has 27 heavy (non-hydrogen) atoms. The van der Waals surface area contributed by atoms with Crippen molar-refractivity contribution in [2.24, 2.45) is 0 Å². The molecular weight excluding hydrogens is 344 g/mol. The van der Waals surface area contributed by atoms with Crippen LogP contribution in [0.15, 0.2) is 54.7 Å². The SMILES string of the molecule is CCOc1ccccc1Nc1nncc(Nc2ccc(NC(C)=O)cc2)n1. The Morgan fingerprint density at radius 3 is 2.52 bits per heavy atom. The molecule has 8 nitrogen and oxygen atoms in total. The first-order valence-corrected chi connectivity index (χ1v) is 8.47. The highest BCUT2D eigenvalue weighted by Gasteiger charge is 2.06. The molecule has 0 spiro atoms. The number of anilines is 5. The number of aromatic nitrogens is 3. The van der Waals surface area contributed by atoms with Gasteiger partial charge in [0.25, 0.3) is 0 Å². The zero-order valence-corrected chi connectivity index (χ0v) is 15.1. The fourth-order valence-electron chi connectivity index (χ4n) is 2.38. The van der Waals surface area contributed by atoms with Crippen molar-refractivity contribution in [2.45, 2.75) is 13.8 Å². The van der Waals surface area contributed by atoms with Gasteiger partial charge in [0.05, 0.1) is 18.5 Å². The van der Waals surface area contributed by atoms with E-state index in [0.717, 1.165) is 22.8 Å². The van der Waals surface area contributed by atoms with Crippen LogP contribution < -0.4 is 20.7 Å². The quantitative estimate of drug-likeness (QED) is 0.587. The number of ether oxygens (including phenoxy) is 1. The number of hydrogen-bond donors (Lipinski definition) is 3. The molecule has 3 rings (SSSR count). The van der Waals surface area contributed by atoms with Gasteiger partial charge in [-0.15, -0.1) is 5.10 Å². The van der Waals surface area contributed by atoms with Crippen LogP contribution in [-0.2, 0) is 4.79 Å². The van der Waals surface area contributed by atoms with Crippen LogP contribution in [0.25, 0.3) is 0 Å². The number of nitrogens with zero attached hydrogens (tertiary/aromatic N) is 3. The molecule has 138 valence electrons. The predicted octanol–water partition coefficient (Wildman–Crippen LogP) is 3.72. The van der Waals surface area contributed by atoms with Crippen molar-refractivity contribution in [3.05, 3.63) is 54.7 Å². The fourth-order valence-corrected chi connectivity index (χ4v) is 2.38. The van der Waals surface area contributed by atoms with E-state index in [-0.39, 0.29) is 5.91 Å². The average molecular weight is 364 g/mol. The number of carbonyl (C=O) groups excluding carboxylic acids is 1. The molecule has 0 unspecified atom stereocenters. The molecule has 0 aliphatic rings. The van der Waals surface area contributed by atoms with Crippen molar-refractivity contribution < 1.29 is 9.53 Å². The molecule has 1 amide bonds. The van der Waals surface area contributed by atoms with Gasteiger partial charge in [-0.25, -0.2) is 0 Å². The minimum atomic E-state index is -0.112. The van der Waals surface area contributed by atoms with E-state index in [1.807, 2.05) is 43.3 Å². The molecule has 3 N–H and O–H groups in total. The summed E-state index contributed by atoms with van der Waals surface area (Å²) in [6, 6.07) is 14.8. The smallest absolute Gasteiger partial charge is 0.249 e. The maximum Gasteiger partial charge on any atom is 0.249 e. The summed E-state index contributed by atoms with van der Waals surface area (Å²) in [5.74, 6) is 1.49. The van der Waals surface area contributed by atoms with E-state index in [2.05, 4.69) is 31.1 Å². The van der Waals surface area contributed by atoms with Crippen molar-refractivity contribution in [2.75, 3.05) is 22.6 Å². The van der Waals surface area contributed by atoms with Crippen LogP contribution in [0.5, 0.6) is 5.75 Å². The number of benzene rings is 2. The summed E-state index contributed by atoms with van der Waals surface area (Å²) < 4.78 is 5.59. The van der Waals surface area contributed by atoms with Gasteiger partial charge in [-0.1, -0.05) is 12.1 Å². The van der Waals surface area contributed by atoms with Gasteiger partial charge in [0.1, 0.15) is 5.75 Å². The third-order valence-corrected chi connectivity index (χ3v) is 3.47. The molecule has 0 bridgehead atoms. The summed E-state index contributed by atoms with van der Waals surface area (Å²) in [6.07, 6.45) is 1.53. The summed E-state index contributed by atoms with van der Waals surface area (Å²) in [7, 11) is 0. The monoisotopic (exact) mass is 364 g/mol. The Hall–Kier alpha value is -3.68. The Morgan fingerprint density at radius 1 is 1.04 bits per heavy atom. The Labute approximate surface area is 157 Å². The van der Waals surface area contributed by atoms with E-state index in [4.69, 9.17) is 4.74 Å². The van der Waals surface area contributed by atoms with Gasteiger partial charge in [-0.3, -0.25) is 4.79 Å². The predicted molar refractivity (Wildman–Crippen MR) is 105 cm³/mol. The normalized spacial score (nSPS) is 10.1. The highest BCUT2D eigenvalue weighted by Crippen LogP contribution is 2.26. The van der Waals surface area contributed by atoms with Gasteiger partial charge in [-0.2, -0.15) is 10.1 Å². The van der Waals surface area contributed by atoms with Crippen molar-refractivity contribution in [1.82, 2.24) is 15.2 Å². The zero-order valence-electron chi connectivity index (χ0n) is 15.1. The van der Waals surface area contributed by atoms with Crippen molar-refractivity contribution in [1.29, 1.82) is 0 Å². The summed E-state index contributed by atoms with van der Waals surface area (Å²) in [5.41, 5.74) is 2.30. The second-order valence-electron chi connectivity index (χ2n) is 5.60. The Bertz CT molecular complexity index is 914. The summed E-state index contributed by atoms with van der Waals surface area (Å²) in [4.78, 5) is 15.5. The van der Waals surface area contributed by atoms with Crippen molar-refractivity contribution in [3.63, 3.8) is 0 Å². The van der Waals surface area contributed by atoms with Gasteiger partial charge in [-0.05, 0) is 43.3 Å². The van der Waals surface area contributed by atoms with Crippen LogP contribution in [0, 0.1) is 0 Å². The molecule has 1 aromatic heterocycles. The summed E-state index contributed by atoms with van der Waals surface area (Å²) in [5, 5.41) is 17.0. The minimum absolute atomic E-state index is 0.112. The number of para-hydroxylation sites is 2. The summed E-state index contributed by atoms with van der Waals surface area (Å²) in [6.45, 7) is 3.96. The Balaban J connectivity index is 1.71. The van der Waals surface area contributed by atoms with Crippen LogP contribution in [0.4, 0.5) is 28.8 Å². The lowest BCUT2D eigenvalue weighted by Gasteiger charge is -2.11. The van der Waals surface area contributed by atoms with Gasteiger partial charge in [0.15, 0.2) is 5.82 Å². The Kier molecular flexibility index (Phi) is 5.78. The van der Waals surface area contributed by atoms with Gasteiger partial charge < -0.3 is 20.7 Å². The molecule has 2 aromatic carbocycles. The number of carbonyl (C=O) groups is 1. The van der Waals surface area contributed by atoms with E-state index in [9.17, 15) is 4.79 Å². The van der Waals surface area contributed by atoms with Gasteiger partial charge in [0.2, 0.25) is 11.9 Å². The standard InChI is InChI=1S/C19H20N6O2/c1-3-27-17-7-5-4-6-16(17)23-19-24-18(12-20-25-19)22-15-10-8-14(9-11-15)21-13(2)26/h4-12H,3H2,1-2H3,(H,21,26)(H2,22,23,24,25). The summed E-state index contributed by atoms with van der Waals surface area (Å²) >= 11 is 0.